The molecule has 1 fully saturated rings. The summed E-state index contributed by atoms with van der Waals surface area (Å²) in [6.45, 7) is 3.17. The lowest BCUT2D eigenvalue weighted by Gasteiger charge is -2.30. The molecule has 1 saturated heterocycles. The van der Waals surface area contributed by atoms with Gasteiger partial charge < -0.3 is 4.52 Å². The SMILES string of the molecule is Fc1ccccc1-n1nnc(-c2nc(-c3cccc(CN4CCC4)c3)no2)c1-c1ccncc1. The number of pyridine rings is 1. The van der Waals surface area contributed by atoms with E-state index in [1.807, 2.05) is 12.1 Å². The van der Waals surface area contributed by atoms with Gasteiger partial charge in [-0.1, -0.05) is 40.7 Å². The number of rotatable bonds is 6. The molecule has 0 atom stereocenters. The van der Waals surface area contributed by atoms with E-state index in [1.54, 1.807) is 42.7 Å². The highest BCUT2D eigenvalue weighted by Crippen LogP contribution is 2.32. The lowest BCUT2D eigenvalue weighted by molar-refractivity contribution is 0.172. The van der Waals surface area contributed by atoms with E-state index in [4.69, 9.17) is 4.52 Å². The monoisotopic (exact) mass is 453 g/mol. The number of nitrogens with zero attached hydrogens (tertiary/aromatic N) is 7. The summed E-state index contributed by atoms with van der Waals surface area (Å²) in [4.78, 5) is 11.1. The Morgan fingerprint density at radius 2 is 1.79 bits per heavy atom. The van der Waals surface area contributed by atoms with Gasteiger partial charge in [-0.15, -0.1) is 5.10 Å². The van der Waals surface area contributed by atoms with E-state index in [0.717, 1.165) is 30.8 Å². The van der Waals surface area contributed by atoms with Crippen LogP contribution in [0.25, 0.3) is 39.9 Å². The summed E-state index contributed by atoms with van der Waals surface area (Å²) >= 11 is 0. The van der Waals surface area contributed by atoms with Crippen LogP contribution in [-0.4, -0.2) is 48.1 Å². The second-order valence-corrected chi connectivity index (χ2v) is 8.14. The minimum Gasteiger partial charge on any atom is -0.332 e. The Bertz CT molecular complexity index is 1440. The van der Waals surface area contributed by atoms with Crippen molar-refractivity contribution in [2.45, 2.75) is 13.0 Å². The van der Waals surface area contributed by atoms with Crippen molar-refractivity contribution in [3.63, 3.8) is 0 Å². The van der Waals surface area contributed by atoms with Crippen LogP contribution in [-0.2, 0) is 6.54 Å². The lowest BCUT2D eigenvalue weighted by Crippen LogP contribution is -2.36. The maximum Gasteiger partial charge on any atom is 0.281 e. The van der Waals surface area contributed by atoms with Gasteiger partial charge in [0.25, 0.3) is 5.89 Å². The van der Waals surface area contributed by atoms with Crippen molar-refractivity contribution in [1.29, 1.82) is 0 Å². The van der Waals surface area contributed by atoms with Crippen LogP contribution in [0.15, 0.2) is 77.6 Å². The smallest absolute Gasteiger partial charge is 0.281 e. The van der Waals surface area contributed by atoms with E-state index < -0.39 is 5.82 Å². The maximum absolute atomic E-state index is 14.6. The number of aromatic nitrogens is 6. The number of halogens is 1. The van der Waals surface area contributed by atoms with Crippen LogP contribution in [0.5, 0.6) is 0 Å². The Hall–Kier alpha value is -4.24. The third kappa shape index (κ3) is 3.75. The fraction of sp³-hybridized carbons (Fsp3) is 0.160. The van der Waals surface area contributed by atoms with Crippen LogP contribution in [0.2, 0.25) is 0 Å². The van der Waals surface area contributed by atoms with Crippen LogP contribution in [0.4, 0.5) is 4.39 Å². The highest BCUT2D eigenvalue weighted by atomic mass is 19.1. The Morgan fingerprint density at radius 3 is 2.59 bits per heavy atom. The fourth-order valence-corrected chi connectivity index (χ4v) is 4.03. The lowest BCUT2D eigenvalue weighted by atomic mass is 10.1. The predicted octanol–water partition coefficient (Wildman–Crippen LogP) is 4.39. The number of hydrogen-bond donors (Lipinski definition) is 0. The summed E-state index contributed by atoms with van der Waals surface area (Å²) in [6, 6.07) is 18.1. The molecule has 0 unspecified atom stereocenters. The van der Waals surface area contributed by atoms with Gasteiger partial charge in [0, 0.05) is 30.1 Å². The van der Waals surface area contributed by atoms with E-state index >= 15 is 0 Å². The molecular weight excluding hydrogens is 433 g/mol. The first-order chi connectivity index (χ1) is 16.8. The third-order valence-corrected chi connectivity index (χ3v) is 5.87. The van der Waals surface area contributed by atoms with Crippen molar-refractivity contribution in [1.82, 2.24) is 35.0 Å². The summed E-state index contributed by atoms with van der Waals surface area (Å²) in [5, 5.41) is 12.7. The molecule has 0 N–H and O–H groups in total. The Labute approximate surface area is 194 Å². The molecule has 0 amide bonds. The average molecular weight is 453 g/mol. The van der Waals surface area contributed by atoms with E-state index in [2.05, 4.69) is 42.5 Å². The van der Waals surface area contributed by atoms with Crippen LogP contribution in [0.3, 0.4) is 0 Å². The van der Waals surface area contributed by atoms with E-state index in [-0.39, 0.29) is 11.6 Å². The van der Waals surface area contributed by atoms with Crippen LogP contribution < -0.4 is 0 Å². The molecule has 0 radical (unpaired) electrons. The zero-order valence-electron chi connectivity index (χ0n) is 18.2. The summed E-state index contributed by atoms with van der Waals surface area (Å²) in [7, 11) is 0. The molecule has 8 nitrogen and oxygen atoms in total. The molecule has 3 aromatic heterocycles. The Morgan fingerprint density at radius 1 is 0.941 bits per heavy atom. The molecule has 0 aliphatic carbocycles. The van der Waals surface area contributed by atoms with Crippen LogP contribution >= 0.6 is 0 Å². The van der Waals surface area contributed by atoms with Gasteiger partial charge >= 0.3 is 0 Å². The molecule has 168 valence electrons. The quantitative estimate of drug-likeness (QED) is 0.377. The maximum atomic E-state index is 14.6. The standard InChI is InChI=1S/C25H20FN7O/c26-20-7-1-2-8-21(20)33-23(18-9-11-27-12-10-18)22(29-31-33)25-28-24(30-34-25)19-6-3-5-17(15-19)16-32-13-4-14-32/h1-3,5-12,15H,4,13-14,16H2. The molecule has 0 saturated carbocycles. The highest BCUT2D eigenvalue weighted by molar-refractivity contribution is 5.76. The number of para-hydroxylation sites is 1. The van der Waals surface area contributed by atoms with E-state index in [0.29, 0.717) is 17.2 Å². The average Bonchev–Trinajstić information content (AvgIpc) is 3.50. The predicted molar refractivity (Wildman–Crippen MR) is 123 cm³/mol. The minimum atomic E-state index is -0.417. The normalized spacial score (nSPS) is 13.7. The molecule has 0 bridgehead atoms. The Kier molecular flexibility index (Phi) is 5.15. The molecule has 0 spiro atoms. The highest BCUT2D eigenvalue weighted by Gasteiger charge is 2.24. The van der Waals surface area contributed by atoms with Crippen molar-refractivity contribution in [2.24, 2.45) is 0 Å². The van der Waals surface area contributed by atoms with Gasteiger partial charge in [-0.3, -0.25) is 9.88 Å². The molecule has 2 aromatic carbocycles. The van der Waals surface area contributed by atoms with Gasteiger partial charge in [0.1, 0.15) is 17.2 Å². The molecule has 5 aromatic rings. The van der Waals surface area contributed by atoms with Gasteiger partial charge in [0.05, 0.1) is 0 Å². The first-order valence-electron chi connectivity index (χ1n) is 11.0. The number of likely N-dealkylation sites (tertiary alicyclic amines) is 1. The van der Waals surface area contributed by atoms with E-state index in [1.165, 1.54) is 22.7 Å². The molecule has 1 aliphatic heterocycles. The zero-order valence-corrected chi connectivity index (χ0v) is 18.2. The van der Waals surface area contributed by atoms with Crippen molar-refractivity contribution in [3.8, 4) is 39.9 Å². The van der Waals surface area contributed by atoms with Gasteiger partial charge in [-0.2, -0.15) is 4.98 Å². The van der Waals surface area contributed by atoms with Crippen molar-refractivity contribution in [3.05, 3.63) is 84.4 Å². The largest absolute Gasteiger partial charge is 0.332 e. The summed E-state index contributed by atoms with van der Waals surface area (Å²) in [6.07, 6.45) is 4.56. The first-order valence-corrected chi connectivity index (χ1v) is 11.0. The second kappa shape index (κ2) is 8.60. The van der Waals surface area contributed by atoms with Crippen LogP contribution in [0.1, 0.15) is 12.0 Å². The summed E-state index contributed by atoms with van der Waals surface area (Å²) < 4.78 is 21.7. The fourth-order valence-electron chi connectivity index (χ4n) is 4.03. The minimum absolute atomic E-state index is 0.206. The van der Waals surface area contributed by atoms with Crippen molar-refractivity contribution in [2.75, 3.05) is 13.1 Å². The van der Waals surface area contributed by atoms with Crippen molar-refractivity contribution >= 4 is 0 Å². The van der Waals surface area contributed by atoms with E-state index in [9.17, 15) is 4.39 Å². The zero-order chi connectivity index (χ0) is 22.9. The van der Waals surface area contributed by atoms with Gasteiger partial charge in [-0.25, -0.2) is 9.07 Å². The Balaban J connectivity index is 1.41. The van der Waals surface area contributed by atoms with Crippen LogP contribution in [0, 0.1) is 5.82 Å². The second-order valence-electron chi connectivity index (χ2n) is 8.14. The molecule has 6 rings (SSSR count). The molecular formula is C25H20FN7O. The number of benzene rings is 2. The van der Waals surface area contributed by atoms with Gasteiger partial charge in [0.2, 0.25) is 5.82 Å². The molecule has 34 heavy (non-hydrogen) atoms. The summed E-state index contributed by atoms with van der Waals surface area (Å²) in [5.41, 5.74) is 3.98. The molecule has 1 aliphatic rings. The molecule has 9 heteroatoms. The third-order valence-electron chi connectivity index (χ3n) is 5.87. The topological polar surface area (TPSA) is 85.8 Å². The number of hydrogen-bond acceptors (Lipinski definition) is 7. The van der Waals surface area contributed by atoms with Gasteiger partial charge in [0.15, 0.2) is 5.69 Å². The van der Waals surface area contributed by atoms with Crippen molar-refractivity contribution < 1.29 is 8.91 Å². The molecule has 4 heterocycles. The summed E-state index contributed by atoms with van der Waals surface area (Å²) in [5.74, 6) is 0.249. The first kappa shape index (κ1) is 20.4. The van der Waals surface area contributed by atoms with Gasteiger partial charge in [-0.05, 0) is 55.4 Å².